The Labute approximate surface area is 123 Å². The van der Waals surface area contributed by atoms with Crippen molar-refractivity contribution >= 4 is 0 Å². The van der Waals surface area contributed by atoms with Crippen molar-refractivity contribution in [3.63, 3.8) is 0 Å². The molecule has 0 amide bonds. The number of rotatable bonds is 0. The van der Waals surface area contributed by atoms with Gasteiger partial charge in [-0.25, -0.2) is 0 Å². The summed E-state index contributed by atoms with van der Waals surface area (Å²) in [6, 6.07) is 19.3. The van der Waals surface area contributed by atoms with Gasteiger partial charge in [-0.05, 0) is 22.3 Å². The highest BCUT2D eigenvalue weighted by Crippen LogP contribution is 2.56. The number of ether oxygens (including phenoxy) is 1. The minimum absolute atomic E-state index is 0.0371. The summed E-state index contributed by atoms with van der Waals surface area (Å²) >= 11 is 0. The van der Waals surface area contributed by atoms with Gasteiger partial charge in [0.2, 0.25) is 0 Å². The van der Waals surface area contributed by atoms with Gasteiger partial charge in [0.1, 0.15) is 11.5 Å². The van der Waals surface area contributed by atoms with E-state index in [-0.39, 0.29) is 18.1 Å². The van der Waals surface area contributed by atoms with Crippen LogP contribution in [0.1, 0.15) is 28.2 Å². The number of hydrogen-bond acceptors (Lipinski definition) is 2. The largest absolute Gasteiger partial charge is 0.363 e. The zero-order valence-electron chi connectivity index (χ0n) is 11.4. The third-order valence-corrected chi connectivity index (χ3v) is 5.15. The lowest BCUT2D eigenvalue weighted by Gasteiger charge is -2.38. The molecule has 0 N–H and O–H groups in total. The Morgan fingerprint density at radius 3 is 2.14 bits per heavy atom. The van der Waals surface area contributed by atoms with Crippen molar-refractivity contribution in [2.75, 3.05) is 0 Å². The fourth-order valence-corrected chi connectivity index (χ4v) is 4.32. The van der Waals surface area contributed by atoms with E-state index in [1.807, 2.05) is 12.1 Å². The van der Waals surface area contributed by atoms with Gasteiger partial charge in [0.15, 0.2) is 0 Å². The second kappa shape index (κ2) is 3.63. The van der Waals surface area contributed by atoms with Crippen LogP contribution in [-0.2, 0) is 10.2 Å². The summed E-state index contributed by atoms with van der Waals surface area (Å²) < 4.78 is 6.23. The van der Waals surface area contributed by atoms with Gasteiger partial charge in [-0.3, -0.25) is 0 Å². The van der Waals surface area contributed by atoms with E-state index in [4.69, 9.17) is 4.74 Å². The molecule has 0 aromatic heterocycles. The Bertz CT molecular complexity index is 782. The van der Waals surface area contributed by atoms with E-state index >= 15 is 0 Å². The van der Waals surface area contributed by atoms with Crippen LogP contribution in [0, 0.1) is 11.3 Å². The molecule has 0 spiro atoms. The van der Waals surface area contributed by atoms with Gasteiger partial charge in [-0.15, -0.1) is 0 Å². The summed E-state index contributed by atoms with van der Waals surface area (Å²) in [5.74, 6) is 0.197. The first-order chi connectivity index (χ1) is 10.4. The van der Waals surface area contributed by atoms with Gasteiger partial charge in [0.05, 0.1) is 12.2 Å². The summed E-state index contributed by atoms with van der Waals surface area (Å²) in [5, 5.41) is 10.1. The molecule has 3 aliphatic heterocycles. The molecule has 1 aliphatic carbocycles. The lowest BCUT2D eigenvalue weighted by molar-refractivity contribution is 0.0440. The predicted molar refractivity (Wildman–Crippen MR) is 78.9 cm³/mol. The van der Waals surface area contributed by atoms with Crippen LogP contribution in [0.5, 0.6) is 0 Å². The van der Waals surface area contributed by atoms with Crippen molar-refractivity contribution in [2.45, 2.75) is 23.5 Å². The molecule has 4 aliphatic rings. The molecule has 2 aromatic rings. The van der Waals surface area contributed by atoms with Crippen LogP contribution in [0.3, 0.4) is 0 Å². The van der Waals surface area contributed by atoms with Gasteiger partial charge < -0.3 is 4.74 Å². The van der Waals surface area contributed by atoms with Gasteiger partial charge in [0, 0.05) is 5.92 Å². The molecule has 0 saturated carbocycles. The zero-order valence-corrected chi connectivity index (χ0v) is 11.4. The first-order valence-corrected chi connectivity index (χ1v) is 7.30. The first-order valence-electron chi connectivity index (χ1n) is 7.30. The molecule has 2 unspecified atom stereocenters. The van der Waals surface area contributed by atoms with Gasteiger partial charge in [0.25, 0.3) is 0 Å². The summed E-state index contributed by atoms with van der Waals surface area (Å²) in [7, 11) is 0. The van der Waals surface area contributed by atoms with Crippen LogP contribution >= 0.6 is 0 Å². The van der Waals surface area contributed by atoms with Crippen molar-refractivity contribution in [1.82, 2.24) is 0 Å². The van der Waals surface area contributed by atoms with Crippen molar-refractivity contribution in [3.8, 4) is 6.07 Å². The number of nitriles is 1. The van der Waals surface area contributed by atoms with Crippen LogP contribution < -0.4 is 0 Å². The molecule has 0 fully saturated rings. The topological polar surface area (TPSA) is 33.0 Å². The van der Waals surface area contributed by atoms with Crippen molar-refractivity contribution < 1.29 is 4.74 Å². The van der Waals surface area contributed by atoms with Gasteiger partial charge in [-0.2, -0.15) is 5.26 Å². The quantitative estimate of drug-likeness (QED) is 0.689. The molecule has 100 valence electrons. The molecule has 0 saturated heterocycles. The number of nitrogens with zero attached hydrogens (tertiary/aromatic N) is 1. The van der Waals surface area contributed by atoms with Crippen LogP contribution in [0.25, 0.3) is 0 Å². The van der Waals surface area contributed by atoms with E-state index < -0.39 is 5.41 Å². The first kappa shape index (κ1) is 11.3. The lowest BCUT2D eigenvalue weighted by atomic mass is 9.61. The maximum atomic E-state index is 10.1. The summed E-state index contributed by atoms with van der Waals surface area (Å²) in [4.78, 5) is 0. The molecule has 0 radical (unpaired) electrons. The van der Waals surface area contributed by atoms with E-state index in [1.165, 1.54) is 11.1 Å². The standard InChI is InChI=1S/C19H13NO/c20-11-19-14-7-3-1-5-12(14)18(16-9-10-17(19)21-16)13-6-2-4-8-15(13)19/h1-10,16-18H. The molecular formula is C19H13NO. The van der Waals surface area contributed by atoms with Crippen molar-refractivity contribution in [3.05, 3.63) is 82.9 Å². The second-order valence-corrected chi connectivity index (χ2v) is 5.98. The van der Waals surface area contributed by atoms with E-state index in [2.05, 4.69) is 54.6 Å². The van der Waals surface area contributed by atoms with Crippen LogP contribution in [0.15, 0.2) is 60.7 Å². The Kier molecular flexibility index (Phi) is 1.96. The smallest absolute Gasteiger partial charge is 0.137 e. The van der Waals surface area contributed by atoms with Gasteiger partial charge >= 0.3 is 0 Å². The molecular weight excluding hydrogens is 258 g/mol. The third-order valence-electron chi connectivity index (χ3n) is 5.15. The Morgan fingerprint density at radius 1 is 0.905 bits per heavy atom. The zero-order chi connectivity index (χ0) is 14.0. The molecule has 2 nitrogen and oxygen atoms in total. The van der Waals surface area contributed by atoms with Crippen LogP contribution in [0.2, 0.25) is 0 Å². The van der Waals surface area contributed by atoms with E-state index in [0.29, 0.717) is 0 Å². The van der Waals surface area contributed by atoms with E-state index in [1.54, 1.807) is 0 Å². The highest BCUT2D eigenvalue weighted by molar-refractivity contribution is 5.64. The minimum Gasteiger partial charge on any atom is -0.363 e. The maximum Gasteiger partial charge on any atom is 0.137 e. The molecule has 6 rings (SSSR count). The predicted octanol–water partition coefficient (Wildman–Crippen LogP) is 3.28. The second-order valence-electron chi connectivity index (χ2n) is 5.98. The molecule has 2 aromatic carbocycles. The van der Waals surface area contributed by atoms with E-state index in [9.17, 15) is 5.26 Å². The highest BCUT2D eigenvalue weighted by atomic mass is 16.5. The summed E-state index contributed by atoms with van der Waals surface area (Å²) in [6.07, 6.45) is 4.05. The molecule has 4 bridgehead atoms. The van der Waals surface area contributed by atoms with Crippen molar-refractivity contribution in [1.29, 1.82) is 5.26 Å². The Balaban J connectivity index is 1.99. The van der Waals surface area contributed by atoms with Gasteiger partial charge in [-0.1, -0.05) is 60.7 Å². The lowest BCUT2D eigenvalue weighted by Crippen LogP contribution is -2.40. The van der Waals surface area contributed by atoms with Crippen LogP contribution in [-0.4, -0.2) is 12.2 Å². The van der Waals surface area contributed by atoms with Crippen molar-refractivity contribution in [2.24, 2.45) is 0 Å². The Hall–Kier alpha value is -2.37. The number of benzene rings is 2. The van der Waals surface area contributed by atoms with Crippen LogP contribution in [0.4, 0.5) is 0 Å². The molecule has 3 heterocycles. The normalized spacial score (nSPS) is 34.0. The molecule has 2 heteroatoms. The highest BCUT2D eigenvalue weighted by Gasteiger charge is 2.56. The minimum atomic E-state index is -0.717. The monoisotopic (exact) mass is 271 g/mol. The molecule has 21 heavy (non-hydrogen) atoms. The molecule has 2 atom stereocenters. The summed E-state index contributed by atoms with van der Waals surface area (Å²) in [6.45, 7) is 0. The Morgan fingerprint density at radius 2 is 1.52 bits per heavy atom. The summed E-state index contributed by atoms with van der Waals surface area (Å²) in [5.41, 5.74) is 4.01. The van der Waals surface area contributed by atoms with E-state index in [0.717, 1.165) is 11.1 Å². The average Bonchev–Trinajstić information content (AvgIpc) is 2.92. The fourth-order valence-electron chi connectivity index (χ4n) is 4.32. The average molecular weight is 271 g/mol. The maximum absolute atomic E-state index is 10.1. The fraction of sp³-hybridized carbons (Fsp3) is 0.211. The number of hydrogen-bond donors (Lipinski definition) is 0. The SMILES string of the molecule is N#CC12c3ccccc3C(c3ccccc31)C1C=CC2O1. The third kappa shape index (κ3) is 1.13.